The molecular formula is C26H21BrN2O2. The Kier molecular flexibility index (Phi) is 6.43. The molecule has 4 aromatic rings. The lowest BCUT2D eigenvalue weighted by Gasteiger charge is -2.12. The van der Waals surface area contributed by atoms with Crippen LogP contribution in [0.4, 0.5) is 0 Å². The molecule has 0 atom stereocenters. The number of halogens is 1. The van der Waals surface area contributed by atoms with Gasteiger partial charge in [0.25, 0.3) is 5.91 Å². The van der Waals surface area contributed by atoms with Crippen molar-refractivity contribution in [3.63, 3.8) is 0 Å². The van der Waals surface area contributed by atoms with Gasteiger partial charge in [0, 0.05) is 15.6 Å². The van der Waals surface area contributed by atoms with E-state index < -0.39 is 0 Å². The molecule has 0 unspecified atom stereocenters. The molecule has 0 aliphatic rings. The number of amides is 1. The molecule has 0 aliphatic heterocycles. The van der Waals surface area contributed by atoms with Crippen LogP contribution >= 0.6 is 15.9 Å². The summed E-state index contributed by atoms with van der Waals surface area (Å²) in [5, 5.41) is 6.28. The molecule has 4 nitrogen and oxygen atoms in total. The van der Waals surface area contributed by atoms with Gasteiger partial charge in [-0.1, -0.05) is 76.1 Å². The zero-order chi connectivity index (χ0) is 21.6. The Morgan fingerprint density at radius 3 is 2.61 bits per heavy atom. The molecule has 154 valence electrons. The molecule has 4 aromatic carbocycles. The largest absolute Gasteiger partial charge is 0.488 e. The van der Waals surface area contributed by atoms with E-state index in [9.17, 15) is 4.79 Å². The molecular weight excluding hydrogens is 452 g/mol. The molecule has 1 amide bonds. The molecule has 1 N–H and O–H groups in total. The van der Waals surface area contributed by atoms with Gasteiger partial charge < -0.3 is 4.74 Å². The van der Waals surface area contributed by atoms with E-state index in [1.165, 1.54) is 0 Å². The van der Waals surface area contributed by atoms with E-state index in [-0.39, 0.29) is 5.91 Å². The van der Waals surface area contributed by atoms with E-state index in [1.807, 2.05) is 79.7 Å². The lowest BCUT2D eigenvalue weighted by molar-refractivity contribution is 0.0955. The summed E-state index contributed by atoms with van der Waals surface area (Å²) in [5.74, 6) is 0.445. The molecule has 0 radical (unpaired) electrons. The van der Waals surface area contributed by atoms with Gasteiger partial charge in [0.15, 0.2) is 0 Å². The lowest BCUT2D eigenvalue weighted by Crippen LogP contribution is -2.17. The molecule has 0 saturated heterocycles. The van der Waals surface area contributed by atoms with Crippen molar-refractivity contribution in [3.05, 3.63) is 112 Å². The third-order valence-electron chi connectivity index (χ3n) is 4.89. The van der Waals surface area contributed by atoms with Gasteiger partial charge >= 0.3 is 0 Å². The van der Waals surface area contributed by atoms with Crippen molar-refractivity contribution in [2.45, 2.75) is 13.5 Å². The maximum atomic E-state index is 12.4. The van der Waals surface area contributed by atoms with Gasteiger partial charge in [0.2, 0.25) is 0 Å². The van der Waals surface area contributed by atoms with E-state index in [4.69, 9.17) is 4.74 Å². The quantitative estimate of drug-likeness (QED) is 0.266. The number of ether oxygens (including phenoxy) is 1. The van der Waals surface area contributed by atoms with Gasteiger partial charge in [-0.15, -0.1) is 0 Å². The van der Waals surface area contributed by atoms with E-state index in [2.05, 4.69) is 26.5 Å². The molecule has 0 aromatic heterocycles. The number of carbonyl (C=O) groups excluding carboxylic acids is 1. The number of carbonyl (C=O) groups is 1. The number of hydrogen-bond acceptors (Lipinski definition) is 3. The van der Waals surface area contributed by atoms with Crippen molar-refractivity contribution >= 4 is 38.8 Å². The molecule has 5 heteroatoms. The minimum absolute atomic E-state index is 0.256. The molecule has 0 fully saturated rings. The fraction of sp³-hybridized carbons (Fsp3) is 0.0769. The van der Waals surface area contributed by atoms with Crippen molar-refractivity contribution in [1.82, 2.24) is 5.43 Å². The highest BCUT2D eigenvalue weighted by Gasteiger charge is 2.09. The van der Waals surface area contributed by atoms with Crippen LogP contribution in [0, 0.1) is 6.92 Å². The number of benzene rings is 4. The summed E-state index contributed by atoms with van der Waals surface area (Å²) in [4.78, 5) is 12.4. The number of hydrogen-bond donors (Lipinski definition) is 1. The molecule has 4 rings (SSSR count). The zero-order valence-electron chi connectivity index (χ0n) is 17.0. The summed E-state index contributed by atoms with van der Waals surface area (Å²) in [5.41, 5.74) is 6.14. The first-order valence-electron chi connectivity index (χ1n) is 9.89. The second-order valence-corrected chi connectivity index (χ2v) is 8.10. The average molecular weight is 473 g/mol. The highest BCUT2D eigenvalue weighted by molar-refractivity contribution is 9.10. The second-order valence-electron chi connectivity index (χ2n) is 7.18. The van der Waals surface area contributed by atoms with Crippen LogP contribution in [-0.2, 0) is 6.61 Å². The van der Waals surface area contributed by atoms with E-state index in [0.717, 1.165) is 31.9 Å². The van der Waals surface area contributed by atoms with Crippen molar-refractivity contribution in [2.24, 2.45) is 5.10 Å². The van der Waals surface area contributed by atoms with Crippen molar-refractivity contribution in [3.8, 4) is 5.75 Å². The third-order valence-corrected chi connectivity index (χ3v) is 5.38. The summed E-state index contributed by atoms with van der Waals surface area (Å²) in [6.45, 7) is 2.41. The van der Waals surface area contributed by atoms with E-state index in [1.54, 1.807) is 18.3 Å². The fourth-order valence-electron chi connectivity index (χ4n) is 3.25. The van der Waals surface area contributed by atoms with Crippen molar-refractivity contribution < 1.29 is 9.53 Å². The highest BCUT2D eigenvalue weighted by Crippen LogP contribution is 2.27. The summed E-state index contributed by atoms with van der Waals surface area (Å²) < 4.78 is 7.12. The Bertz CT molecular complexity index is 1250. The third kappa shape index (κ3) is 5.19. The Balaban J connectivity index is 1.58. The highest BCUT2D eigenvalue weighted by atomic mass is 79.9. The summed E-state index contributed by atoms with van der Waals surface area (Å²) >= 11 is 3.49. The maximum absolute atomic E-state index is 12.4. The smallest absolute Gasteiger partial charge is 0.271 e. The summed E-state index contributed by atoms with van der Waals surface area (Å²) in [6.07, 6.45) is 1.64. The number of hydrazone groups is 1. The molecule has 0 aliphatic carbocycles. The zero-order valence-corrected chi connectivity index (χ0v) is 18.6. The Morgan fingerprint density at radius 1 is 1.00 bits per heavy atom. The molecule has 31 heavy (non-hydrogen) atoms. The van der Waals surface area contributed by atoms with Crippen LogP contribution in [0.15, 0.2) is 94.5 Å². The minimum atomic E-state index is -0.256. The first-order chi connectivity index (χ1) is 15.1. The van der Waals surface area contributed by atoms with Crippen LogP contribution in [0.3, 0.4) is 0 Å². The van der Waals surface area contributed by atoms with Crippen LogP contribution in [-0.4, -0.2) is 12.1 Å². The monoisotopic (exact) mass is 472 g/mol. The van der Waals surface area contributed by atoms with Gasteiger partial charge in [-0.2, -0.15) is 5.10 Å². The first kappa shape index (κ1) is 20.8. The average Bonchev–Trinajstić information content (AvgIpc) is 2.78. The molecule has 0 bridgehead atoms. The van der Waals surface area contributed by atoms with Gasteiger partial charge in [-0.25, -0.2) is 5.43 Å². The predicted molar refractivity (Wildman–Crippen MR) is 129 cm³/mol. The standard InChI is InChI=1S/C26H21BrN2O2/c1-18-9-11-21(12-10-18)26(30)29-28-16-24-23-8-3-2-6-20(23)13-14-25(24)31-17-19-5-4-7-22(27)15-19/h2-16H,17H2,1H3,(H,29,30)/b28-16-. The number of aryl methyl sites for hydroxylation is 1. The number of nitrogens with zero attached hydrogens (tertiary/aromatic N) is 1. The van der Waals surface area contributed by atoms with Crippen LogP contribution in [0.5, 0.6) is 5.75 Å². The molecule has 0 spiro atoms. The topological polar surface area (TPSA) is 50.7 Å². The van der Waals surface area contributed by atoms with Gasteiger partial charge in [0.05, 0.1) is 6.21 Å². The molecule has 0 saturated carbocycles. The van der Waals surface area contributed by atoms with Gasteiger partial charge in [-0.05, 0) is 53.6 Å². The number of nitrogens with one attached hydrogen (secondary N) is 1. The molecule has 0 heterocycles. The van der Waals surface area contributed by atoms with E-state index >= 15 is 0 Å². The van der Waals surface area contributed by atoms with Crippen molar-refractivity contribution in [1.29, 1.82) is 0 Å². The van der Waals surface area contributed by atoms with Crippen LogP contribution in [0.2, 0.25) is 0 Å². The Hall–Kier alpha value is -3.44. The maximum Gasteiger partial charge on any atom is 0.271 e. The fourth-order valence-corrected chi connectivity index (χ4v) is 3.69. The Morgan fingerprint density at radius 2 is 1.81 bits per heavy atom. The van der Waals surface area contributed by atoms with Gasteiger partial charge in [-0.3, -0.25) is 4.79 Å². The predicted octanol–water partition coefficient (Wildman–Crippen LogP) is 6.25. The number of rotatable bonds is 6. The SMILES string of the molecule is Cc1ccc(C(=O)N/N=C\c2c(OCc3cccc(Br)c3)ccc3ccccc23)cc1. The van der Waals surface area contributed by atoms with Gasteiger partial charge in [0.1, 0.15) is 12.4 Å². The first-order valence-corrected chi connectivity index (χ1v) is 10.7. The van der Waals surface area contributed by atoms with E-state index in [0.29, 0.717) is 17.9 Å². The van der Waals surface area contributed by atoms with Crippen LogP contribution in [0.1, 0.15) is 27.0 Å². The van der Waals surface area contributed by atoms with Crippen LogP contribution in [0.25, 0.3) is 10.8 Å². The van der Waals surface area contributed by atoms with Crippen molar-refractivity contribution in [2.75, 3.05) is 0 Å². The van der Waals surface area contributed by atoms with Crippen LogP contribution < -0.4 is 10.2 Å². The Labute approximate surface area is 189 Å². The normalized spacial score (nSPS) is 11.0. The number of fused-ring (bicyclic) bond motifs is 1. The summed E-state index contributed by atoms with van der Waals surface area (Å²) in [7, 11) is 0. The summed E-state index contributed by atoms with van der Waals surface area (Å²) in [6, 6.07) is 27.3. The minimum Gasteiger partial charge on any atom is -0.488 e. The lowest BCUT2D eigenvalue weighted by atomic mass is 10.0. The second kappa shape index (κ2) is 9.58.